The molecule has 27 heavy (non-hydrogen) atoms. The van der Waals surface area contributed by atoms with Crippen LogP contribution in [-0.4, -0.2) is 33.9 Å². The van der Waals surface area contributed by atoms with E-state index in [1.807, 2.05) is 12.2 Å². The molecule has 2 amide bonds. The first-order valence-corrected chi connectivity index (χ1v) is 8.44. The van der Waals surface area contributed by atoms with E-state index in [-0.39, 0.29) is 41.2 Å². The molecule has 2 bridgehead atoms. The fourth-order valence-electron chi connectivity index (χ4n) is 4.12. The van der Waals surface area contributed by atoms with Gasteiger partial charge in [0.1, 0.15) is 0 Å². The number of imide groups is 1. The lowest BCUT2D eigenvalue weighted by Crippen LogP contribution is -2.28. The molecule has 3 aliphatic rings. The third-order valence-corrected chi connectivity index (χ3v) is 5.20. The SMILES string of the molecule is CC(=O)Oc1ccc(C=NN2C(=O)[C@@H]3[C@H](C2=O)[C@H]2C=C[C@H]3C2)cc1[N+](=O)[O-]. The van der Waals surface area contributed by atoms with Gasteiger partial charge < -0.3 is 4.74 Å². The molecule has 2 aliphatic carbocycles. The van der Waals surface area contributed by atoms with Crippen molar-refractivity contribution in [2.45, 2.75) is 13.3 Å². The molecule has 4 atom stereocenters. The molecule has 1 saturated heterocycles. The maximum absolute atomic E-state index is 12.6. The van der Waals surface area contributed by atoms with Gasteiger partial charge in [-0.25, -0.2) is 0 Å². The van der Waals surface area contributed by atoms with Crippen LogP contribution in [0.4, 0.5) is 5.69 Å². The standard InChI is InChI=1S/C18H15N3O6/c1-9(22)27-14-5-2-10(6-13(14)21(25)26)8-19-20-17(23)15-11-3-4-12(7-11)16(15)18(20)24/h2-6,8,11-12,15-16H,7H2,1H3/t11-,12-,15-,16+/m0/s1. The van der Waals surface area contributed by atoms with Crippen LogP contribution in [0.5, 0.6) is 5.75 Å². The minimum atomic E-state index is -0.685. The zero-order valence-corrected chi connectivity index (χ0v) is 14.3. The molecular weight excluding hydrogens is 354 g/mol. The van der Waals surface area contributed by atoms with Gasteiger partial charge in [-0.2, -0.15) is 10.1 Å². The summed E-state index contributed by atoms with van der Waals surface area (Å²) in [5, 5.41) is 16.0. The summed E-state index contributed by atoms with van der Waals surface area (Å²) in [6.45, 7) is 1.14. The summed E-state index contributed by atoms with van der Waals surface area (Å²) in [5.74, 6) is -2.07. The lowest BCUT2D eigenvalue weighted by atomic mass is 9.85. The number of nitro groups is 1. The Labute approximate surface area is 153 Å². The number of esters is 1. The van der Waals surface area contributed by atoms with Gasteiger partial charge in [0.2, 0.25) is 5.75 Å². The average molecular weight is 369 g/mol. The molecule has 0 unspecified atom stereocenters. The molecule has 9 heteroatoms. The number of hydrogen-bond acceptors (Lipinski definition) is 7. The van der Waals surface area contributed by atoms with Crippen molar-refractivity contribution >= 4 is 29.7 Å². The highest BCUT2D eigenvalue weighted by Gasteiger charge is 2.59. The first-order valence-electron chi connectivity index (χ1n) is 8.44. The largest absolute Gasteiger partial charge is 0.419 e. The Morgan fingerprint density at radius 1 is 1.26 bits per heavy atom. The van der Waals surface area contributed by atoms with Crippen LogP contribution in [0.3, 0.4) is 0 Å². The van der Waals surface area contributed by atoms with Crippen molar-refractivity contribution in [3.63, 3.8) is 0 Å². The normalized spacial score (nSPS) is 28.3. The first-order chi connectivity index (χ1) is 12.9. The van der Waals surface area contributed by atoms with Crippen LogP contribution < -0.4 is 4.74 Å². The van der Waals surface area contributed by atoms with Crippen LogP contribution in [0.15, 0.2) is 35.5 Å². The number of amides is 2. The van der Waals surface area contributed by atoms with Crippen molar-refractivity contribution in [3.8, 4) is 5.75 Å². The van der Waals surface area contributed by atoms with Gasteiger partial charge >= 0.3 is 11.7 Å². The highest BCUT2D eigenvalue weighted by molar-refractivity contribution is 6.06. The van der Waals surface area contributed by atoms with Gasteiger partial charge in [-0.1, -0.05) is 12.2 Å². The Bertz CT molecular complexity index is 907. The van der Waals surface area contributed by atoms with E-state index in [0.717, 1.165) is 18.4 Å². The number of hydrazone groups is 1. The summed E-state index contributed by atoms with van der Waals surface area (Å²) in [4.78, 5) is 46.6. The van der Waals surface area contributed by atoms with E-state index in [1.165, 1.54) is 24.4 Å². The minimum Gasteiger partial charge on any atom is -0.419 e. The number of hydrogen-bond donors (Lipinski definition) is 0. The van der Waals surface area contributed by atoms with E-state index < -0.39 is 16.6 Å². The van der Waals surface area contributed by atoms with Gasteiger partial charge in [-0.15, -0.1) is 0 Å². The molecule has 1 aromatic rings. The van der Waals surface area contributed by atoms with Crippen LogP contribution >= 0.6 is 0 Å². The van der Waals surface area contributed by atoms with Crippen molar-refractivity contribution in [1.82, 2.24) is 5.01 Å². The number of nitrogens with zero attached hydrogens (tertiary/aromatic N) is 3. The van der Waals surface area contributed by atoms with Gasteiger partial charge in [-0.05, 0) is 30.4 Å². The summed E-state index contributed by atoms with van der Waals surface area (Å²) in [5.41, 5.74) is -0.108. The lowest BCUT2D eigenvalue weighted by Gasteiger charge is -2.13. The monoisotopic (exact) mass is 369 g/mol. The fraction of sp³-hybridized carbons (Fsp3) is 0.333. The molecule has 1 heterocycles. The molecule has 1 aliphatic heterocycles. The molecule has 0 N–H and O–H groups in total. The minimum absolute atomic E-state index is 0.0840. The van der Waals surface area contributed by atoms with Crippen molar-refractivity contribution in [1.29, 1.82) is 0 Å². The van der Waals surface area contributed by atoms with Gasteiger partial charge in [0.05, 0.1) is 23.0 Å². The zero-order valence-electron chi connectivity index (χ0n) is 14.3. The van der Waals surface area contributed by atoms with Crippen LogP contribution in [0, 0.1) is 33.8 Å². The Balaban J connectivity index is 1.57. The van der Waals surface area contributed by atoms with Crippen molar-refractivity contribution in [3.05, 3.63) is 46.0 Å². The van der Waals surface area contributed by atoms with Gasteiger partial charge in [0.15, 0.2) is 0 Å². The molecule has 4 rings (SSSR count). The summed E-state index contributed by atoms with van der Waals surface area (Å²) in [6, 6.07) is 3.89. The first kappa shape index (κ1) is 17.1. The number of nitro benzene ring substituents is 1. The Morgan fingerprint density at radius 3 is 2.44 bits per heavy atom. The predicted molar refractivity (Wildman–Crippen MR) is 91.6 cm³/mol. The van der Waals surface area contributed by atoms with Gasteiger partial charge in [0, 0.05) is 18.6 Å². The summed E-state index contributed by atoms with van der Waals surface area (Å²) >= 11 is 0. The lowest BCUT2D eigenvalue weighted by molar-refractivity contribution is -0.385. The van der Waals surface area contributed by atoms with Crippen LogP contribution in [0.1, 0.15) is 18.9 Å². The maximum atomic E-state index is 12.6. The average Bonchev–Trinajstić information content (AvgIpc) is 3.28. The molecule has 1 aromatic carbocycles. The molecule has 1 saturated carbocycles. The number of carbonyl (C=O) groups excluding carboxylic acids is 3. The van der Waals surface area contributed by atoms with Crippen molar-refractivity contribution in [2.75, 3.05) is 0 Å². The van der Waals surface area contributed by atoms with E-state index in [1.54, 1.807) is 0 Å². The number of allylic oxidation sites excluding steroid dienone is 2. The van der Waals surface area contributed by atoms with Crippen molar-refractivity contribution < 1.29 is 24.0 Å². The second-order valence-corrected chi connectivity index (χ2v) is 6.81. The number of ether oxygens (including phenoxy) is 1. The van der Waals surface area contributed by atoms with Gasteiger partial charge in [-0.3, -0.25) is 24.5 Å². The topological polar surface area (TPSA) is 119 Å². The fourth-order valence-corrected chi connectivity index (χ4v) is 4.12. The molecule has 0 radical (unpaired) electrons. The van der Waals surface area contributed by atoms with Crippen LogP contribution in [0.2, 0.25) is 0 Å². The van der Waals surface area contributed by atoms with E-state index in [2.05, 4.69) is 5.10 Å². The Kier molecular flexibility index (Phi) is 3.87. The molecule has 0 spiro atoms. The number of rotatable bonds is 4. The van der Waals surface area contributed by atoms with E-state index in [0.29, 0.717) is 5.56 Å². The van der Waals surface area contributed by atoms with Gasteiger partial charge in [0.25, 0.3) is 11.8 Å². The molecule has 0 aromatic heterocycles. The third kappa shape index (κ3) is 2.71. The van der Waals surface area contributed by atoms with Crippen LogP contribution in [-0.2, 0) is 14.4 Å². The number of benzene rings is 1. The highest BCUT2D eigenvalue weighted by atomic mass is 16.6. The maximum Gasteiger partial charge on any atom is 0.312 e. The molecule has 2 fully saturated rings. The van der Waals surface area contributed by atoms with E-state index in [9.17, 15) is 24.5 Å². The molecular formula is C18H15N3O6. The Hall–Kier alpha value is -3.36. The predicted octanol–water partition coefficient (Wildman–Crippen LogP) is 1.66. The second kappa shape index (κ2) is 6.11. The second-order valence-electron chi connectivity index (χ2n) is 6.81. The summed E-state index contributed by atoms with van der Waals surface area (Å²) < 4.78 is 4.80. The smallest absolute Gasteiger partial charge is 0.312 e. The zero-order chi connectivity index (χ0) is 19.3. The van der Waals surface area contributed by atoms with Crippen LogP contribution in [0.25, 0.3) is 0 Å². The van der Waals surface area contributed by atoms with Crippen molar-refractivity contribution in [2.24, 2.45) is 28.8 Å². The quantitative estimate of drug-likeness (QED) is 0.151. The highest BCUT2D eigenvalue weighted by Crippen LogP contribution is 2.52. The van der Waals surface area contributed by atoms with E-state index in [4.69, 9.17) is 4.74 Å². The summed E-state index contributed by atoms with van der Waals surface area (Å²) in [6.07, 6.45) is 6.02. The third-order valence-electron chi connectivity index (χ3n) is 5.20. The molecule has 138 valence electrons. The molecule has 9 nitrogen and oxygen atoms in total. The number of carbonyl (C=O) groups is 3. The number of fused-ring (bicyclic) bond motifs is 5. The Morgan fingerprint density at radius 2 is 1.89 bits per heavy atom. The van der Waals surface area contributed by atoms with E-state index >= 15 is 0 Å². The summed E-state index contributed by atoms with van der Waals surface area (Å²) in [7, 11) is 0.